The van der Waals surface area contributed by atoms with E-state index in [1.807, 2.05) is 0 Å². The van der Waals surface area contributed by atoms with Gasteiger partial charge in [-0.1, -0.05) is 194 Å². The van der Waals surface area contributed by atoms with E-state index in [4.69, 9.17) is 4.42 Å². The maximum atomic E-state index is 7.20. The number of benzene rings is 10. The average molecular weight is 778 g/mol. The maximum Gasteiger partial charge on any atom is 0.142 e. The Labute approximate surface area is 355 Å². The zero-order chi connectivity index (χ0) is 40.3. The Morgan fingerprint density at radius 3 is 1.57 bits per heavy atom. The molecule has 1 aromatic heterocycles. The lowest BCUT2D eigenvalue weighted by Gasteiger charge is -2.38. The molecule has 0 spiro atoms. The van der Waals surface area contributed by atoms with Gasteiger partial charge in [-0.25, -0.2) is 0 Å². The summed E-state index contributed by atoms with van der Waals surface area (Å²) in [4.78, 5) is 2.44. The van der Waals surface area contributed by atoms with Crippen molar-refractivity contribution >= 4 is 49.8 Å². The van der Waals surface area contributed by atoms with Crippen LogP contribution in [0.25, 0.3) is 66.1 Å². The molecule has 0 radical (unpaired) electrons. The van der Waals surface area contributed by atoms with Crippen LogP contribution in [0.4, 0.5) is 17.1 Å². The van der Waals surface area contributed by atoms with Gasteiger partial charge in [0.15, 0.2) is 0 Å². The van der Waals surface area contributed by atoms with Crippen LogP contribution in [0, 0.1) is 0 Å². The lowest BCUT2D eigenvalue weighted by atomic mass is 9.66. The summed E-state index contributed by atoms with van der Waals surface area (Å²) in [6.07, 6.45) is 0. The third kappa shape index (κ3) is 5.43. The van der Waals surface area contributed by atoms with Crippen LogP contribution in [0.3, 0.4) is 0 Å². The molecule has 0 aliphatic heterocycles. The number of furan rings is 1. The highest BCUT2D eigenvalue weighted by Crippen LogP contribution is 2.60. The Morgan fingerprint density at radius 1 is 0.344 bits per heavy atom. The molecule has 11 aromatic rings. The van der Waals surface area contributed by atoms with Gasteiger partial charge >= 0.3 is 0 Å². The maximum absolute atomic E-state index is 7.20. The van der Waals surface area contributed by atoms with Crippen LogP contribution in [-0.2, 0) is 5.41 Å². The Bertz CT molecular complexity index is 3350. The van der Waals surface area contributed by atoms with Gasteiger partial charge in [0, 0.05) is 27.7 Å². The minimum atomic E-state index is -0.734. The van der Waals surface area contributed by atoms with Crippen LogP contribution in [0.2, 0.25) is 0 Å². The second kappa shape index (κ2) is 14.1. The highest BCUT2D eigenvalue weighted by atomic mass is 16.3. The molecule has 0 saturated heterocycles. The van der Waals surface area contributed by atoms with Gasteiger partial charge in [-0.15, -0.1) is 0 Å². The minimum Gasteiger partial charge on any atom is -0.456 e. The standard InChI is InChI=1S/C59H39NO/c1-3-16-40(17-4-1)41-30-34-45(35-31-41)60(46-36-32-43(33-37-46)48-26-15-19-42-18-7-8-22-47(42)48)55-39-38-52-51-25-11-14-29-56(51)61-58(52)57(55)59(44-20-5-2-6-21-44)53-27-12-9-23-49(53)50-24-10-13-28-54(50)59/h1-39H. The van der Waals surface area contributed by atoms with Crippen molar-refractivity contribution < 1.29 is 4.42 Å². The fraction of sp³-hybridized carbons (Fsp3) is 0.0169. The summed E-state index contributed by atoms with van der Waals surface area (Å²) in [6, 6.07) is 85.9. The van der Waals surface area contributed by atoms with Gasteiger partial charge in [0.05, 0.1) is 11.1 Å². The predicted octanol–water partition coefficient (Wildman–Crippen LogP) is 15.9. The Balaban J connectivity index is 1.18. The Kier molecular flexibility index (Phi) is 8.11. The normalized spacial score (nSPS) is 12.7. The smallest absolute Gasteiger partial charge is 0.142 e. The third-order valence-electron chi connectivity index (χ3n) is 12.8. The third-order valence-corrected chi connectivity index (χ3v) is 12.8. The van der Waals surface area contributed by atoms with Crippen molar-refractivity contribution in [1.82, 2.24) is 0 Å². The number of hydrogen-bond acceptors (Lipinski definition) is 2. The van der Waals surface area contributed by atoms with E-state index in [0.29, 0.717) is 0 Å². The lowest BCUT2D eigenvalue weighted by molar-refractivity contribution is 0.648. The fourth-order valence-electron chi connectivity index (χ4n) is 10.1. The van der Waals surface area contributed by atoms with Crippen molar-refractivity contribution in [3.8, 4) is 33.4 Å². The minimum absolute atomic E-state index is 0.734. The molecule has 0 fully saturated rings. The summed E-state index contributed by atoms with van der Waals surface area (Å²) in [5.74, 6) is 0. The van der Waals surface area contributed by atoms with Crippen molar-refractivity contribution in [3.63, 3.8) is 0 Å². The summed E-state index contributed by atoms with van der Waals surface area (Å²) >= 11 is 0. The molecule has 61 heavy (non-hydrogen) atoms. The number of nitrogens with zero attached hydrogens (tertiary/aromatic N) is 1. The molecule has 0 unspecified atom stereocenters. The molecule has 2 nitrogen and oxygen atoms in total. The van der Waals surface area contributed by atoms with Crippen LogP contribution >= 0.6 is 0 Å². The molecule has 0 N–H and O–H groups in total. The molecular weight excluding hydrogens is 739 g/mol. The average Bonchev–Trinajstić information content (AvgIpc) is 3.86. The summed E-state index contributed by atoms with van der Waals surface area (Å²) in [6.45, 7) is 0. The first-order valence-electron chi connectivity index (χ1n) is 21.0. The van der Waals surface area contributed by atoms with Crippen molar-refractivity contribution in [2.24, 2.45) is 0 Å². The number of anilines is 3. The molecule has 1 aliphatic rings. The molecule has 2 heteroatoms. The monoisotopic (exact) mass is 777 g/mol. The van der Waals surface area contributed by atoms with Gasteiger partial charge in [0.25, 0.3) is 0 Å². The topological polar surface area (TPSA) is 16.4 Å². The Hall–Kier alpha value is -7.94. The van der Waals surface area contributed by atoms with Gasteiger partial charge in [-0.05, 0) is 103 Å². The highest BCUT2D eigenvalue weighted by Gasteiger charge is 2.49. The van der Waals surface area contributed by atoms with Crippen LogP contribution < -0.4 is 4.90 Å². The largest absolute Gasteiger partial charge is 0.456 e. The molecule has 1 heterocycles. The van der Waals surface area contributed by atoms with Crippen LogP contribution in [0.15, 0.2) is 241 Å². The second-order valence-corrected chi connectivity index (χ2v) is 16.0. The molecule has 0 amide bonds. The van der Waals surface area contributed by atoms with Gasteiger partial charge < -0.3 is 9.32 Å². The number of rotatable bonds is 7. The van der Waals surface area contributed by atoms with Gasteiger partial charge in [-0.2, -0.15) is 0 Å². The second-order valence-electron chi connectivity index (χ2n) is 16.0. The molecule has 0 bridgehead atoms. The molecule has 12 rings (SSSR count). The summed E-state index contributed by atoms with van der Waals surface area (Å²) < 4.78 is 7.20. The Morgan fingerprint density at radius 2 is 0.869 bits per heavy atom. The number of fused-ring (bicyclic) bond motifs is 7. The van der Waals surface area contributed by atoms with E-state index in [0.717, 1.165) is 44.6 Å². The summed E-state index contributed by atoms with van der Waals surface area (Å²) in [5.41, 5.74) is 16.2. The highest BCUT2D eigenvalue weighted by molar-refractivity contribution is 6.10. The van der Waals surface area contributed by atoms with Gasteiger partial charge in [0.1, 0.15) is 11.2 Å². The quantitative estimate of drug-likeness (QED) is 0.160. The molecule has 0 saturated carbocycles. The summed E-state index contributed by atoms with van der Waals surface area (Å²) in [5, 5.41) is 4.67. The first-order valence-corrected chi connectivity index (χ1v) is 21.0. The molecular formula is C59H39NO. The molecule has 0 atom stereocenters. The van der Waals surface area contributed by atoms with E-state index < -0.39 is 5.41 Å². The van der Waals surface area contributed by atoms with Crippen molar-refractivity contribution in [1.29, 1.82) is 0 Å². The zero-order valence-electron chi connectivity index (χ0n) is 33.4. The van der Waals surface area contributed by atoms with E-state index >= 15 is 0 Å². The van der Waals surface area contributed by atoms with E-state index in [1.165, 1.54) is 60.8 Å². The molecule has 1 aliphatic carbocycles. The van der Waals surface area contributed by atoms with Gasteiger partial charge in [0.2, 0.25) is 0 Å². The van der Waals surface area contributed by atoms with Crippen LogP contribution in [-0.4, -0.2) is 0 Å². The zero-order valence-corrected chi connectivity index (χ0v) is 33.4. The molecule has 10 aromatic carbocycles. The SMILES string of the molecule is c1ccc(-c2ccc(N(c3ccc(-c4cccc5ccccc45)cc3)c3ccc4c(oc5ccccc54)c3C3(c4ccccc4)c4ccccc4-c4ccccc43)cc2)cc1. The van der Waals surface area contributed by atoms with Crippen LogP contribution in [0.5, 0.6) is 0 Å². The van der Waals surface area contributed by atoms with E-state index in [9.17, 15) is 0 Å². The molecule has 286 valence electrons. The summed E-state index contributed by atoms with van der Waals surface area (Å²) in [7, 11) is 0. The van der Waals surface area contributed by atoms with E-state index in [2.05, 4.69) is 241 Å². The fourth-order valence-corrected chi connectivity index (χ4v) is 10.1. The first-order chi connectivity index (χ1) is 30.3. The first kappa shape index (κ1) is 35.0. The van der Waals surface area contributed by atoms with Crippen molar-refractivity contribution in [2.45, 2.75) is 5.41 Å². The number of para-hydroxylation sites is 1. The number of hydrogen-bond donors (Lipinski definition) is 0. The van der Waals surface area contributed by atoms with Crippen molar-refractivity contribution in [3.05, 3.63) is 259 Å². The lowest BCUT2D eigenvalue weighted by Crippen LogP contribution is -2.31. The van der Waals surface area contributed by atoms with E-state index in [-0.39, 0.29) is 0 Å². The predicted molar refractivity (Wildman–Crippen MR) is 254 cm³/mol. The van der Waals surface area contributed by atoms with Crippen molar-refractivity contribution in [2.75, 3.05) is 4.90 Å². The van der Waals surface area contributed by atoms with E-state index in [1.54, 1.807) is 0 Å². The van der Waals surface area contributed by atoms with Crippen LogP contribution in [0.1, 0.15) is 22.3 Å². The van der Waals surface area contributed by atoms with Gasteiger partial charge in [-0.3, -0.25) is 0 Å².